The highest BCUT2D eigenvalue weighted by molar-refractivity contribution is 5.82. The molecule has 1 unspecified atom stereocenters. The Labute approximate surface area is 194 Å². The average molecular weight is 449 g/mol. The summed E-state index contributed by atoms with van der Waals surface area (Å²) >= 11 is 0. The maximum absolute atomic E-state index is 12.8. The molecule has 1 saturated heterocycles. The molecule has 1 aliphatic carbocycles. The van der Waals surface area contributed by atoms with Crippen LogP contribution in [0.4, 0.5) is 0 Å². The second-order valence-corrected chi connectivity index (χ2v) is 9.34. The maximum atomic E-state index is 12.8. The average Bonchev–Trinajstić information content (AvgIpc) is 3.50. The van der Waals surface area contributed by atoms with E-state index >= 15 is 0 Å². The lowest BCUT2D eigenvalue weighted by atomic mass is 9.81. The molecule has 1 aliphatic heterocycles. The Morgan fingerprint density at radius 2 is 1.97 bits per heavy atom. The van der Waals surface area contributed by atoms with Gasteiger partial charge >= 0.3 is 0 Å². The van der Waals surface area contributed by atoms with Gasteiger partial charge in [0.25, 0.3) is 0 Å². The molecular formula is C26H32N4O3. The lowest BCUT2D eigenvalue weighted by molar-refractivity contribution is -0.127. The molecule has 1 aromatic heterocycles. The van der Waals surface area contributed by atoms with Crippen molar-refractivity contribution in [2.75, 3.05) is 13.7 Å². The molecule has 7 heteroatoms. The number of H-pyrrole nitrogens is 1. The third-order valence-electron chi connectivity index (χ3n) is 7.13. The number of benzene rings is 2. The Hall–Kier alpha value is -3.06. The molecule has 0 radical (unpaired) electrons. The summed E-state index contributed by atoms with van der Waals surface area (Å²) in [6, 6.07) is 11.6. The summed E-state index contributed by atoms with van der Waals surface area (Å²) < 4.78 is 11.8. The van der Waals surface area contributed by atoms with Gasteiger partial charge in [0, 0.05) is 12.5 Å². The number of imidazole rings is 1. The molecule has 2 fully saturated rings. The highest BCUT2D eigenvalue weighted by Gasteiger charge is 2.36. The van der Waals surface area contributed by atoms with Crippen LogP contribution in [0.2, 0.25) is 0 Å². The number of aromatic nitrogens is 2. The second kappa shape index (κ2) is 9.06. The number of para-hydroxylation sites is 1. The number of nitrogens with two attached hydrogens (primary N) is 1. The van der Waals surface area contributed by atoms with Crippen molar-refractivity contribution in [2.45, 2.75) is 57.1 Å². The minimum Gasteiger partial charge on any atom is -0.493 e. The Bertz CT molecular complexity index is 1150. The Balaban J connectivity index is 1.37. The van der Waals surface area contributed by atoms with Crippen LogP contribution in [0.1, 0.15) is 61.0 Å². The summed E-state index contributed by atoms with van der Waals surface area (Å²) in [7, 11) is 1.67. The van der Waals surface area contributed by atoms with Crippen LogP contribution in [0.25, 0.3) is 11.0 Å². The highest BCUT2D eigenvalue weighted by atomic mass is 16.5. The van der Waals surface area contributed by atoms with E-state index in [2.05, 4.69) is 22.4 Å². The lowest BCUT2D eigenvalue weighted by Crippen LogP contribution is -2.45. The van der Waals surface area contributed by atoms with E-state index in [0.29, 0.717) is 18.8 Å². The summed E-state index contributed by atoms with van der Waals surface area (Å²) in [4.78, 5) is 20.8. The number of nitrogens with zero attached hydrogens (tertiary/aromatic N) is 1. The minimum atomic E-state index is -0.507. The molecule has 174 valence electrons. The third kappa shape index (κ3) is 4.29. The van der Waals surface area contributed by atoms with Gasteiger partial charge in [-0.25, -0.2) is 4.98 Å². The van der Waals surface area contributed by atoms with E-state index in [1.165, 1.54) is 12.8 Å². The number of carbonyl (C=O) groups is 1. The minimum absolute atomic E-state index is 0.0214. The summed E-state index contributed by atoms with van der Waals surface area (Å²) in [6.07, 6.45) is 5.49. The van der Waals surface area contributed by atoms with Gasteiger partial charge in [-0.2, -0.15) is 0 Å². The molecule has 0 spiro atoms. The number of rotatable bonds is 6. The topological polar surface area (TPSA) is 102 Å². The van der Waals surface area contributed by atoms with Crippen molar-refractivity contribution >= 4 is 16.9 Å². The molecule has 2 aromatic carbocycles. The first kappa shape index (κ1) is 21.8. The number of carbonyl (C=O) groups excluding carboxylic acids is 1. The van der Waals surface area contributed by atoms with Crippen molar-refractivity contribution in [2.24, 2.45) is 11.7 Å². The molecule has 3 aromatic rings. The molecule has 3 atom stereocenters. The van der Waals surface area contributed by atoms with Gasteiger partial charge < -0.3 is 25.5 Å². The van der Waals surface area contributed by atoms with Crippen molar-refractivity contribution in [1.82, 2.24) is 15.3 Å². The first-order chi connectivity index (χ1) is 16.0. The quantitative estimate of drug-likeness (QED) is 0.526. The zero-order chi connectivity index (χ0) is 22.9. The number of ether oxygens (including phenoxy) is 2. The fourth-order valence-corrected chi connectivity index (χ4v) is 5.18. The van der Waals surface area contributed by atoms with E-state index in [-0.39, 0.29) is 23.8 Å². The predicted molar refractivity (Wildman–Crippen MR) is 127 cm³/mol. The number of nitrogens with one attached hydrogen (secondary N) is 2. The zero-order valence-electron chi connectivity index (χ0n) is 19.3. The number of amides is 1. The lowest BCUT2D eigenvalue weighted by Gasteiger charge is -2.32. The van der Waals surface area contributed by atoms with Gasteiger partial charge in [-0.05, 0) is 68.4 Å². The molecule has 5 rings (SSSR count). The van der Waals surface area contributed by atoms with E-state index in [1.54, 1.807) is 7.11 Å². The van der Waals surface area contributed by atoms with E-state index in [9.17, 15) is 4.79 Å². The highest BCUT2D eigenvalue weighted by Crippen LogP contribution is 2.38. The summed E-state index contributed by atoms with van der Waals surface area (Å²) in [5.41, 5.74) is 10.7. The monoisotopic (exact) mass is 448 g/mol. The van der Waals surface area contributed by atoms with Gasteiger partial charge in [-0.15, -0.1) is 0 Å². The summed E-state index contributed by atoms with van der Waals surface area (Å²) in [6.45, 7) is 2.60. The van der Waals surface area contributed by atoms with Crippen molar-refractivity contribution in [1.29, 1.82) is 0 Å². The summed E-state index contributed by atoms with van der Waals surface area (Å²) in [5, 5.41) is 3.07. The van der Waals surface area contributed by atoms with Gasteiger partial charge in [0.1, 0.15) is 5.82 Å². The van der Waals surface area contributed by atoms with Gasteiger partial charge in [0.15, 0.2) is 11.5 Å². The number of aryl methyl sites for hydroxylation is 1. The van der Waals surface area contributed by atoms with Gasteiger partial charge in [0.05, 0.1) is 36.2 Å². The fourth-order valence-electron chi connectivity index (χ4n) is 5.18. The van der Waals surface area contributed by atoms with Crippen LogP contribution in [0.5, 0.6) is 11.5 Å². The van der Waals surface area contributed by atoms with E-state index < -0.39 is 6.04 Å². The van der Waals surface area contributed by atoms with Gasteiger partial charge in [0.2, 0.25) is 5.91 Å². The van der Waals surface area contributed by atoms with Crippen molar-refractivity contribution < 1.29 is 14.3 Å². The number of hydrogen-bond donors (Lipinski definition) is 3. The number of piperidine rings is 1. The van der Waals surface area contributed by atoms with Crippen LogP contribution >= 0.6 is 0 Å². The molecule has 33 heavy (non-hydrogen) atoms. The molecule has 1 saturated carbocycles. The number of aromatic amines is 1. The van der Waals surface area contributed by atoms with Crippen molar-refractivity contribution in [3.63, 3.8) is 0 Å². The summed E-state index contributed by atoms with van der Waals surface area (Å²) in [5.74, 6) is 1.93. The first-order valence-corrected chi connectivity index (χ1v) is 11.9. The van der Waals surface area contributed by atoms with Crippen LogP contribution < -0.4 is 20.5 Å². The molecule has 0 bridgehead atoms. The van der Waals surface area contributed by atoms with E-state index in [0.717, 1.165) is 46.5 Å². The van der Waals surface area contributed by atoms with Crippen LogP contribution in [-0.4, -0.2) is 35.6 Å². The van der Waals surface area contributed by atoms with Crippen molar-refractivity contribution in [3.05, 3.63) is 53.3 Å². The third-order valence-corrected chi connectivity index (χ3v) is 7.13. The van der Waals surface area contributed by atoms with Crippen LogP contribution in [0, 0.1) is 12.8 Å². The second-order valence-electron chi connectivity index (χ2n) is 9.34. The largest absolute Gasteiger partial charge is 0.493 e. The molecule has 2 heterocycles. The maximum Gasteiger partial charge on any atom is 0.225 e. The van der Waals surface area contributed by atoms with Crippen LogP contribution in [0.15, 0.2) is 36.4 Å². The van der Waals surface area contributed by atoms with E-state index in [4.69, 9.17) is 20.2 Å². The number of methoxy groups -OCH3 is 1. The van der Waals surface area contributed by atoms with Crippen LogP contribution in [-0.2, 0) is 4.79 Å². The zero-order valence-corrected chi connectivity index (χ0v) is 19.3. The Morgan fingerprint density at radius 3 is 2.73 bits per heavy atom. The molecule has 1 amide bonds. The normalized spacial score (nSPS) is 22.3. The molecule has 4 N–H and O–H groups in total. The van der Waals surface area contributed by atoms with E-state index in [1.807, 2.05) is 31.2 Å². The standard InChI is InChI=1S/C26H32N4O3/c1-15-6-5-9-20-24(15)30-25(29-20)23(27)19-12-17(14-28-26(19)31)16-10-11-21(32-2)22(13-16)33-18-7-3-4-8-18/h5-6,9-11,13,17-19,23H,3-4,7-8,12,14,27H2,1-2H3,(H,28,31)(H,29,30)/t17-,19-,23?/m1/s1. The molecule has 7 nitrogen and oxygen atoms in total. The first-order valence-electron chi connectivity index (χ1n) is 11.9. The van der Waals surface area contributed by atoms with Gasteiger partial charge in [-0.3, -0.25) is 4.79 Å². The predicted octanol–water partition coefficient (Wildman–Crippen LogP) is 4.12. The molecular weight excluding hydrogens is 416 g/mol. The number of hydrogen-bond acceptors (Lipinski definition) is 5. The van der Waals surface area contributed by atoms with Crippen LogP contribution in [0.3, 0.4) is 0 Å². The smallest absolute Gasteiger partial charge is 0.225 e. The Morgan fingerprint density at radius 1 is 1.15 bits per heavy atom. The fraction of sp³-hybridized carbons (Fsp3) is 0.462. The molecule has 2 aliphatic rings. The van der Waals surface area contributed by atoms with Gasteiger partial charge in [-0.1, -0.05) is 18.2 Å². The SMILES string of the molecule is COc1ccc([C@H]2CNC(=O)[C@@H](C(N)c3nc4c(C)cccc4[nH]3)C2)cc1OC1CCCC1. The van der Waals surface area contributed by atoms with Crippen molar-refractivity contribution in [3.8, 4) is 11.5 Å². The number of fused-ring (bicyclic) bond motifs is 1. The Kier molecular flexibility index (Phi) is 5.98.